The molecule has 354 valence electrons. The SMILES string of the molecule is O=C(CN1c2ccccc2N2CCOC21/C=C/c1cc2c3c(c1)CCCN3CCC2)NCCSSCCNC(=O)CN1c2ccccc2N2CCOC21/C=C/c1cc2c3c(c1)CCCN3CCC2. The summed E-state index contributed by atoms with van der Waals surface area (Å²) in [5.74, 6) is -0.300. The first-order valence-corrected chi connectivity index (χ1v) is 27.5. The largest absolute Gasteiger partial charge is 0.371 e. The minimum Gasteiger partial charge on any atom is -0.371 e. The highest BCUT2D eigenvalue weighted by Crippen LogP contribution is 2.50. The number of hydrogen-bond donors (Lipinski definition) is 2. The lowest BCUT2D eigenvalue weighted by Gasteiger charge is -2.38. The van der Waals surface area contributed by atoms with E-state index in [0.29, 0.717) is 26.3 Å². The Labute approximate surface area is 408 Å². The van der Waals surface area contributed by atoms with Crippen LogP contribution in [-0.4, -0.2) is 114 Å². The standard InChI is InChI=1S/C54H62N8O4S2/c63-49(37-61-47-15-3-1-13-45(47)59-27-29-65-53(59,61)19-17-39-33-41-9-5-23-57-24-6-10-42(34-39)51(41)57)55-21-31-67-68-32-22-56-50(64)38-62-48-16-4-2-14-46(48)60-28-30-66-54(60,62)20-18-40-35-43-11-7-25-58-26-8-12-44(36-40)52(43)58/h1-4,13-20,33-36H,5-12,21-32,37-38H2,(H,55,63)(H,56,64)/b19-17+,20-18+. The van der Waals surface area contributed by atoms with Gasteiger partial charge >= 0.3 is 0 Å². The van der Waals surface area contributed by atoms with Crippen LogP contribution in [0.4, 0.5) is 34.1 Å². The molecule has 2 atom stereocenters. The van der Waals surface area contributed by atoms with Gasteiger partial charge in [0.05, 0.1) is 36.0 Å². The van der Waals surface area contributed by atoms with Crippen molar-refractivity contribution in [2.75, 3.05) is 120 Å². The predicted molar refractivity (Wildman–Crippen MR) is 279 cm³/mol. The number of rotatable bonds is 15. The van der Waals surface area contributed by atoms with Crippen molar-refractivity contribution in [3.05, 3.63) is 118 Å². The molecule has 0 saturated carbocycles. The summed E-state index contributed by atoms with van der Waals surface area (Å²) in [6.45, 7) is 8.79. The van der Waals surface area contributed by atoms with E-state index in [4.69, 9.17) is 9.47 Å². The molecule has 0 bridgehead atoms. The third-order valence-corrected chi connectivity index (χ3v) is 17.5. The number of amides is 2. The van der Waals surface area contributed by atoms with Gasteiger partial charge in [-0.05, 0) is 145 Å². The van der Waals surface area contributed by atoms with E-state index in [1.54, 1.807) is 21.6 Å². The average molecular weight is 951 g/mol. The second kappa shape index (κ2) is 18.6. The molecule has 12 rings (SSSR count). The fourth-order valence-electron chi connectivity index (χ4n) is 12.4. The second-order valence-electron chi connectivity index (χ2n) is 19.2. The quantitative estimate of drug-likeness (QED) is 0.0917. The number of ether oxygens (including phenoxy) is 2. The van der Waals surface area contributed by atoms with Crippen molar-refractivity contribution in [1.82, 2.24) is 10.6 Å². The number of anilines is 6. The van der Waals surface area contributed by atoms with Crippen LogP contribution in [0.1, 0.15) is 59.1 Å². The lowest BCUT2D eigenvalue weighted by Crippen LogP contribution is -2.56. The van der Waals surface area contributed by atoms with Gasteiger partial charge < -0.3 is 49.5 Å². The van der Waals surface area contributed by atoms with E-state index in [9.17, 15) is 9.59 Å². The van der Waals surface area contributed by atoms with Crippen LogP contribution < -0.4 is 40.0 Å². The molecule has 0 spiro atoms. The first-order valence-electron chi connectivity index (χ1n) is 25.0. The Balaban J connectivity index is 0.637. The molecule has 68 heavy (non-hydrogen) atoms. The summed E-state index contributed by atoms with van der Waals surface area (Å²) in [5.41, 5.74) is 15.4. The molecule has 4 aromatic carbocycles. The Morgan fingerprint density at radius 2 is 0.926 bits per heavy atom. The summed E-state index contributed by atoms with van der Waals surface area (Å²) in [6.07, 6.45) is 18.1. The number of carbonyl (C=O) groups excluding carboxylic acids is 2. The zero-order valence-corrected chi connectivity index (χ0v) is 40.6. The fourth-order valence-corrected chi connectivity index (χ4v) is 14.2. The normalized spacial score (nSPS) is 22.9. The number of hydrogen-bond acceptors (Lipinski definition) is 12. The molecule has 0 radical (unpaired) electrons. The maximum atomic E-state index is 13.7. The van der Waals surface area contributed by atoms with E-state index in [1.165, 1.54) is 70.4 Å². The molecule has 0 aromatic heterocycles. The Bertz CT molecular complexity index is 2420. The van der Waals surface area contributed by atoms with E-state index in [-0.39, 0.29) is 24.9 Å². The molecule has 2 N–H and O–H groups in total. The Morgan fingerprint density at radius 1 is 0.544 bits per heavy atom. The number of para-hydroxylation sites is 4. The van der Waals surface area contributed by atoms with Crippen molar-refractivity contribution in [2.45, 2.75) is 63.1 Å². The molecule has 2 amide bonds. The van der Waals surface area contributed by atoms with E-state index < -0.39 is 11.7 Å². The number of fused-ring (bicyclic) bond motifs is 6. The summed E-state index contributed by atoms with van der Waals surface area (Å²) in [5, 5.41) is 6.36. The number of nitrogens with zero attached hydrogens (tertiary/aromatic N) is 6. The third kappa shape index (κ3) is 7.89. The molecule has 0 aliphatic carbocycles. The van der Waals surface area contributed by atoms with Gasteiger partial charge in [-0.1, -0.05) is 58.0 Å². The van der Waals surface area contributed by atoms with Crippen LogP contribution in [0.5, 0.6) is 0 Å². The van der Waals surface area contributed by atoms with Crippen molar-refractivity contribution in [2.24, 2.45) is 0 Å². The molecule has 8 aliphatic heterocycles. The van der Waals surface area contributed by atoms with Crippen LogP contribution >= 0.6 is 21.6 Å². The number of carbonyl (C=O) groups is 2. The second-order valence-corrected chi connectivity index (χ2v) is 21.9. The van der Waals surface area contributed by atoms with Gasteiger partial charge in [-0.3, -0.25) is 9.59 Å². The summed E-state index contributed by atoms with van der Waals surface area (Å²) >= 11 is 0. The van der Waals surface area contributed by atoms with Crippen LogP contribution in [0.3, 0.4) is 0 Å². The Morgan fingerprint density at radius 3 is 1.32 bits per heavy atom. The lowest BCUT2D eigenvalue weighted by molar-refractivity contribution is -0.121. The fraction of sp³-hybridized carbons (Fsp3) is 0.444. The van der Waals surface area contributed by atoms with Crippen molar-refractivity contribution in [3.63, 3.8) is 0 Å². The minimum absolute atomic E-state index is 0.0363. The monoisotopic (exact) mass is 950 g/mol. The van der Waals surface area contributed by atoms with Gasteiger partial charge in [0, 0.05) is 75.2 Å². The van der Waals surface area contributed by atoms with Crippen LogP contribution in [0.25, 0.3) is 12.2 Å². The first kappa shape index (κ1) is 44.0. The van der Waals surface area contributed by atoms with Gasteiger partial charge in [-0.25, -0.2) is 0 Å². The van der Waals surface area contributed by atoms with E-state index in [0.717, 1.165) is 99.2 Å². The lowest BCUT2D eigenvalue weighted by atomic mass is 9.90. The van der Waals surface area contributed by atoms with Gasteiger partial charge in [0.15, 0.2) is 0 Å². The maximum Gasteiger partial charge on any atom is 0.243 e. The van der Waals surface area contributed by atoms with Crippen molar-refractivity contribution in [3.8, 4) is 0 Å². The molecular formula is C54H62N8O4S2. The molecule has 2 unspecified atom stereocenters. The molecule has 2 fully saturated rings. The summed E-state index contributed by atoms with van der Waals surface area (Å²) in [7, 11) is 3.42. The molecule has 8 heterocycles. The van der Waals surface area contributed by atoms with E-state index in [1.807, 2.05) is 12.1 Å². The highest BCUT2D eigenvalue weighted by atomic mass is 33.1. The van der Waals surface area contributed by atoms with Crippen LogP contribution in [-0.2, 0) is 44.7 Å². The van der Waals surface area contributed by atoms with Gasteiger partial charge in [-0.2, -0.15) is 0 Å². The Kier molecular flexibility index (Phi) is 12.0. The predicted octanol–water partition coefficient (Wildman–Crippen LogP) is 7.45. The van der Waals surface area contributed by atoms with Crippen LogP contribution in [0.2, 0.25) is 0 Å². The number of nitrogens with one attached hydrogen (secondary N) is 2. The van der Waals surface area contributed by atoms with Crippen molar-refractivity contribution >= 4 is 79.7 Å². The zero-order valence-electron chi connectivity index (χ0n) is 38.9. The summed E-state index contributed by atoms with van der Waals surface area (Å²) < 4.78 is 13.3. The topological polar surface area (TPSA) is 96.1 Å². The number of benzene rings is 4. The van der Waals surface area contributed by atoms with Crippen molar-refractivity contribution < 1.29 is 19.1 Å². The maximum absolute atomic E-state index is 13.7. The highest BCUT2D eigenvalue weighted by molar-refractivity contribution is 8.76. The summed E-state index contributed by atoms with van der Waals surface area (Å²) in [6, 6.07) is 26.1. The minimum atomic E-state index is -0.867. The molecule has 4 aromatic rings. The Hall–Kier alpha value is -5.28. The zero-order chi connectivity index (χ0) is 45.7. The van der Waals surface area contributed by atoms with Gasteiger partial charge in [0.25, 0.3) is 0 Å². The number of aryl methyl sites for hydroxylation is 4. The van der Waals surface area contributed by atoms with Crippen LogP contribution in [0.15, 0.2) is 84.9 Å². The van der Waals surface area contributed by atoms with Gasteiger partial charge in [0.1, 0.15) is 13.1 Å². The molecule has 14 heteroatoms. The van der Waals surface area contributed by atoms with Gasteiger partial charge in [0.2, 0.25) is 23.5 Å². The highest BCUT2D eigenvalue weighted by Gasteiger charge is 2.54. The van der Waals surface area contributed by atoms with E-state index >= 15 is 0 Å². The third-order valence-electron chi connectivity index (χ3n) is 15.1. The van der Waals surface area contributed by atoms with Gasteiger partial charge in [-0.15, -0.1) is 0 Å². The first-order chi connectivity index (χ1) is 33.5. The molecular weight excluding hydrogens is 889 g/mol. The average Bonchev–Trinajstić information content (AvgIpc) is 4.11. The molecule has 12 nitrogen and oxygen atoms in total. The molecule has 8 aliphatic rings. The van der Waals surface area contributed by atoms with E-state index in [2.05, 4.69) is 125 Å². The molecule has 2 saturated heterocycles. The smallest absolute Gasteiger partial charge is 0.243 e. The van der Waals surface area contributed by atoms with Crippen molar-refractivity contribution in [1.29, 1.82) is 0 Å². The van der Waals surface area contributed by atoms with Crippen LogP contribution in [0, 0.1) is 0 Å². The summed E-state index contributed by atoms with van der Waals surface area (Å²) in [4.78, 5) is 41.4.